The Labute approximate surface area is 126 Å². The van der Waals surface area contributed by atoms with Gasteiger partial charge in [0.25, 0.3) is 0 Å². The average molecular weight is 313 g/mol. The van der Waals surface area contributed by atoms with E-state index in [0.29, 0.717) is 24.9 Å². The summed E-state index contributed by atoms with van der Waals surface area (Å²) >= 11 is 0. The third-order valence-corrected chi connectivity index (χ3v) is 5.81. The van der Waals surface area contributed by atoms with Crippen molar-refractivity contribution < 1.29 is 13.2 Å². The molecule has 2 rings (SSSR count). The maximum absolute atomic E-state index is 12.5. The van der Waals surface area contributed by atoms with Crippen LogP contribution in [0.15, 0.2) is 23.2 Å². The molecule has 0 unspecified atom stereocenters. The molecule has 21 heavy (non-hydrogen) atoms. The predicted octanol–water partition coefficient (Wildman–Crippen LogP) is 1.10. The predicted molar refractivity (Wildman–Crippen MR) is 80.8 cm³/mol. The molecular weight excluding hydrogens is 290 g/mol. The first-order valence-electron chi connectivity index (χ1n) is 7.22. The molecule has 0 aromatic carbocycles. The lowest BCUT2D eigenvalue weighted by molar-refractivity contribution is 0.263. The zero-order valence-electron chi connectivity index (χ0n) is 12.6. The highest BCUT2D eigenvalue weighted by Gasteiger charge is 2.29. The van der Waals surface area contributed by atoms with Crippen LogP contribution in [-0.2, 0) is 10.0 Å². The molecule has 1 N–H and O–H groups in total. The number of rotatable bonds is 6. The highest BCUT2D eigenvalue weighted by Crippen LogP contribution is 2.25. The van der Waals surface area contributed by atoms with Crippen molar-refractivity contribution in [3.8, 4) is 5.88 Å². The average Bonchev–Trinajstić information content (AvgIpc) is 2.53. The fourth-order valence-corrected chi connectivity index (χ4v) is 3.99. The van der Waals surface area contributed by atoms with Crippen molar-refractivity contribution in [3.05, 3.63) is 18.3 Å². The normalized spacial score (nSPS) is 17.8. The van der Waals surface area contributed by atoms with E-state index in [2.05, 4.69) is 10.3 Å². The van der Waals surface area contributed by atoms with Crippen molar-refractivity contribution in [2.75, 3.05) is 33.8 Å². The Bertz CT molecular complexity index is 537. The fourth-order valence-electron chi connectivity index (χ4n) is 2.58. The van der Waals surface area contributed by atoms with Crippen molar-refractivity contribution in [1.82, 2.24) is 14.6 Å². The van der Waals surface area contributed by atoms with Gasteiger partial charge in [-0.3, -0.25) is 0 Å². The van der Waals surface area contributed by atoms with Crippen molar-refractivity contribution in [1.29, 1.82) is 0 Å². The summed E-state index contributed by atoms with van der Waals surface area (Å²) in [4.78, 5) is 4.21. The van der Waals surface area contributed by atoms with Crippen LogP contribution in [0.4, 0.5) is 0 Å². The van der Waals surface area contributed by atoms with Crippen LogP contribution in [-0.4, -0.2) is 51.5 Å². The quantitative estimate of drug-likeness (QED) is 0.851. The molecule has 2 heterocycles. The van der Waals surface area contributed by atoms with Gasteiger partial charge in [-0.1, -0.05) is 0 Å². The van der Waals surface area contributed by atoms with Gasteiger partial charge < -0.3 is 10.1 Å². The highest BCUT2D eigenvalue weighted by molar-refractivity contribution is 7.89. The van der Waals surface area contributed by atoms with Gasteiger partial charge in [-0.05, 0) is 44.8 Å². The molecule has 1 aromatic heterocycles. The summed E-state index contributed by atoms with van der Waals surface area (Å²) in [7, 11) is 0.0158. The molecule has 1 aromatic rings. The second-order valence-corrected chi connectivity index (χ2v) is 7.21. The number of ether oxygens (including phenoxy) is 1. The third-order valence-electron chi connectivity index (χ3n) is 3.93. The van der Waals surface area contributed by atoms with Crippen LogP contribution in [0.3, 0.4) is 0 Å². The molecule has 7 heteroatoms. The van der Waals surface area contributed by atoms with Crippen LogP contribution in [0.2, 0.25) is 0 Å². The second-order valence-electron chi connectivity index (χ2n) is 5.28. The van der Waals surface area contributed by atoms with Gasteiger partial charge in [0.15, 0.2) is 0 Å². The van der Waals surface area contributed by atoms with E-state index in [1.165, 1.54) is 13.3 Å². The van der Waals surface area contributed by atoms with Gasteiger partial charge in [-0.15, -0.1) is 0 Å². The molecule has 6 nitrogen and oxygen atoms in total. The Morgan fingerprint density at radius 1 is 1.38 bits per heavy atom. The van der Waals surface area contributed by atoms with Crippen LogP contribution in [0.5, 0.6) is 5.88 Å². The first kappa shape index (κ1) is 16.2. The summed E-state index contributed by atoms with van der Waals surface area (Å²) in [6.07, 6.45) is 4.31. The number of nitrogens with one attached hydrogen (secondary N) is 1. The summed E-state index contributed by atoms with van der Waals surface area (Å²) < 4.78 is 31.6. The lowest BCUT2D eigenvalue weighted by Crippen LogP contribution is -2.38. The minimum atomic E-state index is -3.43. The Morgan fingerprint density at radius 2 is 2.10 bits per heavy atom. The van der Waals surface area contributed by atoms with E-state index >= 15 is 0 Å². The van der Waals surface area contributed by atoms with E-state index < -0.39 is 10.0 Å². The Kier molecular flexibility index (Phi) is 5.55. The van der Waals surface area contributed by atoms with Gasteiger partial charge in [0.1, 0.15) is 4.90 Å². The smallest absolute Gasteiger partial charge is 0.244 e. The van der Waals surface area contributed by atoms with Crippen molar-refractivity contribution in [2.24, 2.45) is 5.92 Å². The summed E-state index contributed by atoms with van der Waals surface area (Å²) in [5.41, 5.74) is 0. The van der Waals surface area contributed by atoms with Gasteiger partial charge in [0.05, 0.1) is 13.3 Å². The highest BCUT2D eigenvalue weighted by atomic mass is 32.2. The van der Waals surface area contributed by atoms with E-state index in [1.54, 1.807) is 16.4 Å². The van der Waals surface area contributed by atoms with Gasteiger partial charge in [-0.25, -0.2) is 13.4 Å². The molecule has 0 bridgehead atoms. The molecule has 118 valence electrons. The molecule has 0 spiro atoms. The van der Waals surface area contributed by atoms with Gasteiger partial charge in [-0.2, -0.15) is 4.31 Å². The maximum Gasteiger partial charge on any atom is 0.244 e. The third kappa shape index (κ3) is 3.93. The number of aromatic nitrogens is 1. The van der Waals surface area contributed by atoms with Gasteiger partial charge >= 0.3 is 0 Å². The molecular formula is C14H23N3O3S. The number of methoxy groups -OCH3 is 1. The van der Waals surface area contributed by atoms with Crippen molar-refractivity contribution >= 4 is 10.0 Å². The SMILES string of the molecule is CNCCC1CCN(S(=O)(=O)c2ccc(OC)nc2)CC1. The first-order chi connectivity index (χ1) is 10.1. The lowest BCUT2D eigenvalue weighted by atomic mass is 9.95. The summed E-state index contributed by atoms with van der Waals surface area (Å²) in [6, 6.07) is 3.13. The zero-order valence-corrected chi connectivity index (χ0v) is 13.4. The van der Waals surface area contributed by atoms with E-state index in [4.69, 9.17) is 4.74 Å². The summed E-state index contributed by atoms with van der Waals surface area (Å²) in [5, 5.41) is 3.14. The molecule has 0 atom stereocenters. The molecule has 0 amide bonds. The first-order valence-corrected chi connectivity index (χ1v) is 8.66. The molecule has 1 saturated heterocycles. The number of nitrogens with zero attached hydrogens (tertiary/aromatic N) is 2. The van der Waals surface area contributed by atoms with Crippen LogP contribution >= 0.6 is 0 Å². The second kappa shape index (κ2) is 7.20. The number of piperidine rings is 1. The Morgan fingerprint density at radius 3 is 2.62 bits per heavy atom. The van der Waals surface area contributed by atoms with Gasteiger partial charge in [0, 0.05) is 19.2 Å². The standard InChI is InChI=1S/C14H23N3O3S/c1-15-8-5-12-6-9-17(10-7-12)21(18,19)13-3-4-14(20-2)16-11-13/h3-4,11-12,15H,5-10H2,1-2H3. The van der Waals surface area contributed by atoms with E-state index in [1.807, 2.05) is 7.05 Å². The molecule has 0 saturated carbocycles. The van der Waals surface area contributed by atoms with Crippen molar-refractivity contribution in [3.63, 3.8) is 0 Å². The summed E-state index contributed by atoms with van der Waals surface area (Å²) in [5.74, 6) is 1.03. The molecule has 0 radical (unpaired) electrons. The fraction of sp³-hybridized carbons (Fsp3) is 0.643. The lowest BCUT2D eigenvalue weighted by Gasteiger charge is -2.31. The Hall–Kier alpha value is -1.18. The number of sulfonamides is 1. The molecule has 1 fully saturated rings. The van der Waals surface area contributed by atoms with E-state index in [9.17, 15) is 8.42 Å². The minimum absolute atomic E-state index is 0.233. The minimum Gasteiger partial charge on any atom is -0.481 e. The van der Waals surface area contributed by atoms with Crippen LogP contribution < -0.4 is 10.1 Å². The maximum atomic E-state index is 12.5. The van der Waals surface area contributed by atoms with Crippen molar-refractivity contribution in [2.45, 2.75) is 24.2 Å². The monoisotopic (exact) mass is 313 g/mol. The zero-order chi connectivity index (χ0) is 15.3. The van der Waals surface area contributed by atoms with Gasteiger partial charge in [0.2, 0.25) is 15.9 Å². The Balaban J connectivity index is 2.00. The van der Waals surface area contributed by atoms with Crippen LogP contribution in [0.25, 0.3) is 0 Å². The number of hydrogen-bond acceptors (Lipinski definition) is 5. The van der Waals surface area contributed by atoms with Crippen LogP contribution in [0, 0.1) is 5.92 Å². The van der Waals surface area contributed by atoms with E-state index in [-0.39, 0.29) is 4.90 Å². The van der Waals surface area contributed by atoms with Crippen LogP contribution in [0.1, 0.15) is 19.3 Å². The largest absolute Gasteiger partial charge is 0.481 e. The molecule has 0 aliphatic carbocycles. The molecule has 1 aliphatic rings. The molecule has 1 aliphatic heterocycles. The van der Waals surface area contributed by atoms with E-state index in [0.717, 1.165) is 25.8 Å². The summed E-state index contributed by atoms with van der Waals surface area (Å²) in [6.45, 7) is 2.16. The number of hydrogen-bond donors (Lipinski definition) is 1. The topological polar surface area (TPSA) is 71.5 Å². The number of pyridine rings is 1.